The van der Waals surface area contributed by atoms with Crippen LogP contribution in [-0.2, 0) is 0 Å². The zero-order chi connectivity index (χ0) is 12.6. The summed E-state index contributed by atoms with van der Waals surface area (Å²) >= 11 is 3.37. The van der Waals surface area contributed by atoms with Crippen molar-refractivity contribution < 1.29 is 9.13 Å². The van der Waals surface area contributed by atoms with Crippen molar-refractivity contribution in [3.63, 3.8) is 0 Å². The first-order chi connectivity index (χ1) is 7.95. The van der Waals surface area contributed by atoms with Gasteiger partial charge in [0, 0.05) is 23.9 Å². The molecule has 2 nitrogen and oxygen atoms in total. The van der Waals surface area contributed by atoms with Crippen molar-refractivity contribution in [1.29, 1.82) is 0 Å². The lowest BCUT2D eigenvalue weighted by Crippen LogP contribution is -2.61. The number of nitrogens with one attached hydrogen (secondary N) is 1. The molecule has 0 aromatic heterocycles. The largest absolute Gasteiger partial charge is 0.488 e. The molecule has 94 valence electrons. The molecule has 2 rings (SSSR count). The quantitative estimate of drug-likeness (QED) is 0.924. The number of ether oxygens (including phenoxy) is 1. The van der Waals surface area contributed by atoms with Crippen LogP contribution in [0.25, 0.3) is 0 Å². The second kappa shape index (κ2) is 4.58. The first-order valence-corrected chi connectivity index (χ1v) is 6.53. The molecule has 1 aliphatic carbocycles. The van der Waals surface area contributed by atoms with Gasteiger partial charge in [-0.15, -0.1) is 0 Å². The van der Waals surface area contributed by atoms with Crippen LogP contribution in [0.3, 0.4) is 0 Å². The van der Waals surface area contributed by atoms with E-state index in [0.29, 0.717) is 11.8 Å². The van der Waals surface area contributed by atoms with Gasteiger partial charge in [-0.1, -0.05) is 13.8 Å². The molecule has 1 fully saturated rings. The van der Waals surface area contributed by atoms with Crippen LogP contribution in [-0.4, -0.2) is 19.2 Å². The van der Waals surface area contributed by atoms with Crippen LogP contribution in [0.2, 0.25) is 0 Å². The number of hydrogen-bond donors (Lipinski definition) is 1. The van der Waals surface area contributed by atoms with E-state index >= 15 is 0 Å². The summed E-state index contributed by atoms with van der Waals surface area (Å²) in [5.41, 5.74) is 0.0699. The number of benzene rings is 1. The van der Waals surface area contributed by atoms with Crippen LogP contribution in [0, 0.1) is 11.2 Å². The minimum Gasteiger partial charge on any atom is -0.488 e. The van der Waals surface area contributed by atoms with E-state index in [4.69, 9.17) is 4.74 Å². The average molecular weight is 302 g/mol. The van der Waals surface area contributed by atoms with E-state index in [-0.39, 0.29) is 17.3 Å². The molecule has 1 N–H and O–H groups in total. The third-order valence-corrected chi connectivity index (χ3v) is 4.34. The molecule has 4 heteroatoms. The van der Waals surface area contributed by atoms with Crippen LogP contribution in [0.5, 0.6) is 5.75 Å². The van der Waals surface area contributed by atoms with Gasteiger partial charge in [-0.3, -0.25) is 0 Å². The van der Waals surface area contributed by atoms with E-state index in [1.807, 2.05) is 7.05 Å². The van der Waals surface area contributed by atoms with Gasteiger partial charge in [0.15, 0.2) is 0 Å². The van der Waals surface area contributed by atoms with Gasteiger partial charge in [-0.05, 0) is 35.1 Å². The van der Waals surface area contributed by atoms with Crippen LogP contribution in [0.15, 0.2) is 22.7 Å². The Labute approximate surface area is 110 Å². The maximum atomic E-state index is 13.1. The van der Waals surface area contributed by atoms with Gasteiger partial charge >= 0.3 is 0 Å². The lowest BCUT2D eigenvalue weighted by molar-refractivity contribution is -0.0525. The summed E-state index contributed by atoms with van der Waals surface area (Å²) in [6.45, 7) is 4.32. The maximum Gasteiger partial charge on any atom is 0.136 e. The predicted molar refractivity (Wildman–Crippen MR) is 69.8 cm³/mol. The van der Waals surface area contributed by atoms with E-state index in [2.05, 4.69) is 35.1 Å². The summed E-state index contributed by atoms with van der Waals surface area (Å²) in [5, 5.41) is 3.27. The standard InChI is InChI=1S/C13H17BrFNO/c1-13(2)11(16-3)7-12(13)17-10-6-8(15)4-5-9(10)14/h4-6,11-12,16H,7H2,1-3H3. The molecule has 1 aromatic carbocycles. The molecule has 2 unspecified atom stereocenters. The minimum atomic E-state index is -0.273. The van der Waals surface area contributed by atoms with E-state index in [0.717, 1.165) is 10.9 Å². The Bertz CT molecular complexity index is 422. The third-order valence-electron chi connectivity index (χ3n) is 3.69. The molecular formula is C13H17BrFNO. The number of halogens is 2. The molecule has 0 spiro atoms. The minimum absolute atomic E-state index is 0.0699. The summed E-state index contributed by atoms with van der Waals surface area (Å²) in [6.07, 6.45) is 1.07. The highest BCUT2D eigenvalue weighted by Crippen LogP contribution is 2.43. The Hall–Kier alpha value is -0.610. The molecule has 17 heavy (non-hydrogen) atoms. The van der Waals surface area contributed by atoms with Crippen LogP contribution in [0.1, 0.15) is 20.3 Å². The van der Waals surface area contributed by atoms with E-state index in [1.165, 1.54) is 12.1 Å². The number of hydrogen-bond acceptors (Lipinski definition) is 2. The van der Waals surface area contributed by atoms with Gasteiger partial charge in [-0.25, -0.2) is 4.39 Å². The normalized spacial score (nSPS) is 26.4. The first kappa shape index (κ1) is 12.8. The smallest absolute Gasteiger partial charge is 0.136 e. The van der Waals surface area contributed by atoms with Crippen molar-refractivity contribution in [2.75, 3.05) is 7.05 Å². The molecule has 1 aliphatic rings. The zero-order valence-electron chi connectivity index (χ0n) is 10.3. The highest BCUT2D eigenvalue weighted by atomic mass is 79.9. The Balaban J connectivity index is 2.10. The molecule has 0 heterocycles. The molecule has 1 aromatic rings. The van der Waals surface area contributed by atoms with Crippen molar-refractivity contribution in [2.45, 2.75) is 32.4 Å². The fourth-order valence-electron chi connectivity index (χ4n) is 2.30. The van der Waals surface area contributed by atoms with Crippen molar-refractivity contribution in [3.8, 4) is 5.75 Å². The third kappa shape index (κ3) is 2.33. The van der Waals surface area contributed by atoms with Crippen LogP contribution >= 0.6 is 15.9 Å². The van der Waals surface area contributed by atoms with E-state index < -0.39 is 0 Å². The van der Waals surface area contributed by atoms with Gasteiger partial charge in [0.1, 0.15) is 17.7 Å². The number of rotatable bonds is 3. The molecule has 0 bridgehead atoms. The predicted octanol–water partition coefficient (Wildman–Crippen LogP) is 3.35. The van der Waals surface area contributed by atoms with Crippen molar-refractivity contribution in [2.24, 2.45) is 5.41 Å². The monoisotopic (exact) mass is 301 g/mol. The van der Waals surface area contributed by atoms with Crippen LogP contribution in [0.4, 0.5) is 4.39 Å². The Morgan fingerprint density at radius 3 is 2.76 bits per heavy atom. The van der Waals surface area contributed by atoms with Crippen LogP contribution < -0.4 is 10.1 Å². The highest BCUT2D eigenvalue weighted by Gasteiger charge is 2.49. The van der Waals surface area contributed by atoms with Gasteiger partial charge in [-0.2, -0.15) is 0 Å². The highest BCUT2D eigenvalue weighted by molar-refractivity contribution is 9.10. The molecule has 0 aliphatic heterocycles. The van der Waals surface area contributed by atoms with Crippen molar-refractivity contribution >= 4 is 15.9 Å². The second-order valence-corrected chi connectivity index (χ2v) is 5.93. The Kier molecular flexibility index (Phi) is 3.46. The van der Waals surface area contributed by atoms with E-state index in [1.54, 1.807) is 6.07 Å². The van der Waals surface area contributed by atoms with E-state index in [9.17, 15) is 4.39 Å². The van der Waals surface area contributed by atoms with Gasteiger partial charge in [0.2, 0.25) is 0 Å². The van der Waals surface area contributed by atoms with Gasteiger partial charge in [0.25, 0.3) is 0 Å². The first-order valence-electron chi connectivity index (χ1n) is 5.74. The molecular weight excluding hydrogens is 285 g/mol. The summed E-state index contributed by atoms with van der Waals surface area (Å²) in [6, 6.07) is 4.97. The molecule has 0 amide bonds. The maximum absolute atomic E-state index is 13.1. The SMILES string of the molecule is CNC1CC(Oc2cc(F)ccc2Br)C1(C)C. The van der Waals surface area contributed by atoms with Gasteiger partial charge in [0.05, 0.1) is 4.47 Å². The van der Waals surface area contributed by atoms with Gasteiger partial charge < -0.3 is 10.1 Å². The lowest BCUT2D eigenvalue weighted by atomic mass is 9.64. The lowest BCUT2D eigenvalue weighted by Gasteiger charge is -2.51. The molecule has 0 saturated heterocycles. The summed E-state index contributed by atoms with van der Waals surface area (Å²) in [5.74, 6) is 0.308. The Morgan fingerprint density at radius 1 is 1.47 bits per heavy atom. The van der Waals surface area contributed by atoms with Crippen molar-refractivity contribution in [3.05, 3.63) is 28.5 Å². The molecule has 0 radical (unpaired) electrons. The molecule has 1 saturated carbocycles. The summed E-state index contributed by atoms with van der Waals surface area (Å²) in [4.78, 5) is 0. The Morgan fingerprint density at radius 2 is 2.18 bits per heavy atom. The molecule has 2 atom stereocenters. The second-order valence-electron chi connectivity index (χ2n) is 5.08. The zero-order valence-corrected chi connectivity index (χ0v) is 11.8. The fourth-order valence-corrected chi connectivity index (χ4v) is 2.64. The average Bonchev–Trinajstić information content (AvgIpc) is 2.28. The van der Waals surface area contributed by atoms with Crippen molar-refractivity contribution in [1.82, 2.24) is 5.32 Å². The fraction of sp³-hybridized carbons (Fsp3) is 0.538. The topological polar surface area (TPSA) is 21.3 Å². The summed E-state index contributed by atoms with van der Waals surface area (Å²) < 4.78 is 19.8. The summed E-state index contributed by atoms with van der Waals surface area (Å²) in [7, 11) is 1.96.